The van der Waals surface area contributed by atoms with E-state index in [9.17, 15) is 9.59 Å². The number of likely N-dealkylation sites (tertiary alicyclic amines) is 1. The zero-order valence-electron chi connectivity index (χ0n) is 13.5. The minimum absolute atomic E-state index is 0.192. The number of hydrogen-bond acceptors (Lipinski definition) is 2. The maximum absolute atomic E-state index is 12.1. The lowest BCUT2D eigenvalue weighted by Gasteiger charge is -2.38. The molecule has 0 aromatic heterocycles. The van der Waals surface area contributed by atoms with Crippen molar-refractivity contribution in [2.24, 2.45) is 11.8 Å². The Bertz CT molecular complexity index is 546. The van der Waals surface area contributed by atoms with E-state index < -0.39 is 6.03 Å². The molecule has 0 radical (unpaired) electrons. The number of para-hydroxylation sites is 1. The predicted octanol–water partition coefficient (Wildman–Crippen LogP) is 1.43. The molecular weight excluding hydrogens is 290 g/mol. The quantitative estimate of drug-likeness (QED) is 0.790. The Morgan fingerprint density at radius 2 is 1.78 bits per heavy atom. The van der Waals surface area contributed by atoms with Gasteiger partial charge in [-0.05, 0) is 37.3 Å². The van der Waals surface area contributed by atoms with E-state index in [0.717, 1.165) is 24.9 Å². The van der Waals surface area contributed by atoms with Gasteiger partial charge in [0.2, 0.25) is 0 Å². The highest BCUT2D eigenvalue weighted by atomic mass is 16.2. The maximum Gasteiger partial charge on any atom is 0.326 e. The van der Waals surface area contributed by atoms with Gasteiger partial charge in [-0.25, -0.2) is 4.79 Å². The van der Waals surface area contributed by atoms with Crippen LogP contribution < -0.4 is 15.5 Å². The zero-order valence-corrected chi connectivity index (χ0v) is 13.5. The Hall–Kier alpha value is -1.88. The number of nitrogens with one attached hydrogen (secondary N) is 3. The van der Waals surface area contributed by atoms with Crippen molar-refractivity contribution >= 4 is 17.6 Å². The average molecular weight is 316 g/mol. The second-order valence-corrected chi connectivity index (χ2v) is 6.84. The minimum atomic E-state index is -0.451. The lowest BCUT2D eigenvalue weighted by atomic mass is 9.75. The summed E-state index contributed by atoms with van der Waals surface area (Å²) in [6.45, 7) is 2.53. The second-order valence-electron chi connectivity index (χ2n) is 6.84. The molecule has 2 aliphatic rings. The van der Waals surface area contributed by atoms with E-state index >= 15 is 0 Å². The van der Waals surface area contributed by atoms with Crippen molar-refractivity contribution in [1.29, 1.82) is 0 Å². The third kappa shape index (κ3) is 4.55. The van der Waals surface area contributed by atoms with Crippen molar-refractivity contribution in [2.75, 3.05) is 25.0 Å². The van der Waals surface area contributed by atoms with Gasteiger partial charge in [0.1, 0.15) is 0 Å². The molecule has 1 aromatic carbocycles. The highest BCUT2D eigenvalue weighted by molar-refractivity contribution is 6.01. The van der Waals surface area contributed by atoms with E-state index in [1.807, 2.05) is 18.2 Å². The van der Waals surface area contributed by atoms with Gasteiger partial charge in [0.15, 0.2) is 6.54 Å². The average Bonchev–Trinajstić information content (AvgIpc) is 2.55. The highest BCUT2D eigenvalue weighted by Crippen LogP contribution is 2.32. The van der Waals surface area contributed by atoms with Gasteiger partial charge in [-0.3, -0.25) is 10.1 Å². The third-order valence-corrected chi connectivity index (χ3v) is 5.18. The summed E-state index contributed by atoms with van der Waals surface area (Å²) in [5.74, 6) is 1.46. The molecule has 1 aliphatic heterocycles. The van der Waals surface area contributed by atoms with Crippen molar-refractivity contribution in [2.45, 2.75) is 32.1 Å². The number of benzene rings is 1. The van der Waals surface area contributed by atoms with Crippen LogP contribution in [0.1, 0.15) is 32.1 Å². The number of urea groups is 1. The summed E-state index contributed by atoms with van der Waals surface area (Å²) in [6.07, 6.45) is 6.61. The molecule has 3 atom stereocenters. The molecule has 23 heavy (non-hydrogen) atoms. The van der Waals surface area contributed by atoms with Crippen molar-refractivity contribution in [3.63, 3.8) is 0 Å². The number of rotatable bonds is 3. The summed E-state index contributed by atoms with van der Waals surface area (Å²) >= 11 is 0. The molecule has 3 rings (SSSR count). The number of imide groups is 1. The smallest absolute Gasteiger partial charge is 0.326 e. The minimum Gasteiger partial charge on any atom is -0.327 e. The third-order valence-electron chi connectivity index (χ3n) is 5.18. The van der Waals surface area contributed by atoms with E-state index in [0.29, 0.717) is 12.2 Å². The fraction of sp³-hybridized carbons (Fsp3) is 0.556. The highest BCUT2D eigenvalue weighted by Gasteiger charge is 2.34. The van der Waals surface area contributed by atoms with Gasteiger partial charge in [0, 0.05) is 11.6 Å². The molecule has 5 heteroatoms. The van der Waals surface area contributed by atoms with Crippen LogP contribution in [0.5, 0.6) is 0 Å². The van der Waals surface area contributed by atoms with Gasteiger partial charge in [-0.15, -0.1) is 0 Å². The number of carbonyl (C=O) groups is 2. The topological polar surface area (TPSA) is 62.6 Å². The van der Waals surface area contributed by atoms with Crippen LogP contribution in [-0.2, 0) is 4.79 Å². The Morgan fingerprint density at radius 1 is 1.04 bits per heavy atom. The van der Waals surface area contributed by atoms with Gasteiger partial charge in [-0.1, -0.05) is 31.0 Å². The largest absolute Gasteiger partial charge is 0.327 e. The molecule has 3 amide bonds. The first-order valence-electron chi connectivity index (χ1n) is 8.70. The van der Waals surface area contributed by atoms with Crippen LogP contribution in [0.15, 0.2) is 30.3 Å². The lowest BCUT2D eigenvalue weighted by Crippen LogP contribution is -3.15. The number of quaternary nitrogens is 1. The van der Waals surface area contributed by atoms with Gasteiger partial charge in [-0.2, -0.15) is 0 Å². The SMILES string of the molecule is O=C(C[NH+]1CC[C@@H]2CCCC[C@@H]2C1)NC(=O)Nc1ccccc1. The van der Waals surface area contributed by atoms with Crippen LogP contribution in [0.2, 0.25) is 0 Å². The first-order valence-corrected chi connectivity index (χ1v) is 8.70. The summed E-state index contributed by atoms with van der Waals surface area (Å²) in [5.41, 5.74) is 0.688. The van der Waals surface area contributed by atoms with Gasteiger partial charge in [0.25, 0.3) is 5.91 Å². The fourth-order valence-corrected chi connectivity index (χ4v) is 4.04. The van der Waals surface area contributed by atoms with Gasteiger partial charge >= 0.3 is 6.03 Å². The first-order chi connectivity index (χ1) is 11.2. The maximum atomic E-state index is 12.1. The van der Waals surface area contributed by atoms with Crippen molar-refractivity contribution in [3.05, 3.63) is 30.3 Å². The summed E-state index contributed by atoms with van der Waals surface area (Å²) in [6, 6.07) is 8.71. The number of fused-ring (bicyclic) bond motifs is 1. The lowest BCUT2D eigenvalue weighted by molar-refractivity contribution is -0.902. The molecule has 1 heterocycles. The Kier molecular flexibility index (Phi) is 5.28. The molecule has 0 spiro atoms. The van der Waals surface area contributed by atoms with Crippen LogP contribution >= 0.6 is 0 Å². The Labute approximate surface area is 137 Å². The van der Waals surface area contributed by atoms with Gasteiger partial charge < -0.3 is 10.2 Å². The number of hydrogen-bond donors (Lipinski definition) is 3. The summed E-state index contributed by atoms with van der Waals surface area (Å²) in [5, 5.41) is 5.11. The van der Waals surface area contributed by atoms with E-state index in [-0.39, 0.29) is 5.91 Å². The molecule has 1 aromatic rings. The van der Waals surface area contributed by atoms with Crippen LogP contribution in [0, 0.1) is 11.8 Å². The molecule has 1 saturated heterocycles. The first kappa shape index (κ1) is 16.0. The van der Waals surface area contributed by atoms with Crippen LogP contribution in [0.3, 0.4) is 0 Å². The molecule has 2 fully saturated rings. The molecule has 3 N–H and O–H groups in total. The normalized spacial score (nSPS) is 26.9. The van der Waals surface area contributed by atoms with Crippen LogP contribution in [-0.4, -0.2) is 31.6 Å². The molecule has 1 aliphatic carbocycles. The molecule has 0 bridgehead atoms. The Balaban J connectivity index is 1.43. The van der Waals surface area contributed by atoms with Crippen LogP contribution in [0.25, 0.3) is 0 Å². The fourth-order valence-electron chi connectivity index (χ4n) is 4.04. The zero-order chi connectivity index (χ0) is 16.1. The summed E-state index contributed by atoms with van der Waals surface area (Å²) in [7, 11) is 0. The van der Waals surface area contributed by atoms with Crippen LogP contribution in [0.4, 0.5) is 10.5 Å². The number of anilines is 1. The molecule has 5 nitrogen and oxygen atoms in total. The summed E-state index contributed by atoms with van der Waals surface area (Å²) in [4.78, 5) is 25.2. The van der Waals surface area contributed by atoms with E-state index in [2.05, 4.69) is 10.6 Å². The second kappa shape index (κ2) is 7.59. The number of carbonyl (C=O) groups excluding carboxylic acids is 2. The van der Waals surface area contributed by atoms with Crippen molar-refractivity contribution in [3.8, 4) is 0 Å². The number of piperidine rings is 1. The van der Waals surface area contributed by atoms with E-state index in [1.54, 1.807) is 12.1 Å². The van der Waals surface area contributed by atoms with E-state index in [4.69, 9.17) is 0 Å². The van der Waals surface area contributed by atoms with E-state index in [1.165, 1.54) is 37.0 Å². The molecular formula is C18H26N3O2+. The summed E-state index contributed by atoms with van der Waals surface area (Å²) < 4.78 is 0. The predicted molar refractivity (Wildman–Crippen MR) is 89.2 cm³/mol. The molecule has 124 valence electrons. The Morgan fingerprint density at radius 3 is 2.57 bits per heavy atom. The van der Waals surface area contributed by atoms with Gasteiger partial charge in [0.05, 0.1) is 13.1 Å². The van der Waals surface area contributed by atoms with Crippen molar-refractivity contribution in [1.82, 2.24) is 5.32 Å². The number of amides is 3. The monoisotopic (exact) mass is 316 g/mol. The molecule has 1 unspecified atom stereocenters. The standard InChI is InChI=1S/C18H25N3O2/c22-17(20-18(23)19-16-8-2-1-3-9-16)13-21-11-10-14-6-4-5-7-15(14)12-21/h1-3,8-9,14-15H,4-7,10-13H2,(H2,19,20,22,23)/p+1/t14-,15+/m0/s1. The molecule has 1 saturated carbocycles. The van der Waals surface area contributed by atoms with Crippen molar-refractivity contribution < 1.29 is 14.5 Å².